The Balaban J connectivity index is 2.82. The van der Waals surface area contributed by atoms with E-state index in [0.29, 0.717) is 30.8 Å². The van der Waals surface area contributed by atoms with Gasteiger partial charge in [-0.2, -0.15) is 0 Å². The van der Waals surface area contributed by atoms with Gasteiger partial charge in [-0.3, -0.25) is 4.79 Å². The largest absolute Gasteiger partial charge is 0.469 e. The number of aryl methyl sites for hydroxylation is 1. The predicted octanol–water partition coefficient (Wildman–Crippen LogP) is 1.30. The van der Waals surface area contributed by atoms with Crippen molar-refractivity contribution in [1.82, 2.24) is 4.90 Å². The number of furan rings is 1. The molecule has 0 atom stereocenters. The standard InChI is InChI=1S/C11H17NO3/c1-3-10-9(5-8-15-10)11(14)12(4-2)6-7-13/h5,8,13H,3-4,6-7H2,1-2H3. The van der Waals surface area contributed by atoms with Crippen LogP contribution in [0.3, 0.4) is 0 Å². The molecule has 1 N–H and O–H groups in total. The number of hydrogen-bond donors (Lipinski definition) is 1. The number of carbonyl (C=O) groups excluding carboxylic acids is 1. The molecule has 1 amide bonds. The molecule has 0 saturated carbocycles. The predicted molar refractivity (Wildman–Crippen MR) is 56.7 cm³/mol. The lowest BCUT2D eigenvalue weighted by molar-refractivity contribution is 0.0729. The molecule has 0 unspecified atom stereocenters. The topological polar surface area (TPSA) is 53.7 Å². The zero-order chi connectivity index (χ0) is 11.3. The van der Waals surface area contributed by atoms with Crippen molar-refractivity contribution in [2.24, 2.45) is 0 Å². The summed E-state index contributed by atoms with van der Waals surface area (Å²) in [6.45, 7) is 4.77. The van der Waals surface area contributed by atoms with E-state index in [4.69, 9.17) is 9.52 Å². The number of carbonyl (C=O) groups is 1. The van der Waals surface area contributed by atoms with Crippen LogP contribution in [0.15, 0.2) is 16.7 Å². The lowest BCUT2D eigenvalue weighted by atomic mass is 10.2. The first-order chi connectivity index (χ1) is 7.24. The van der Waals surface area contributed by atoms with E-state index in [2.05, 4.69) is 0 Å². The van der Waals surface area contributed by atoms with Gasteiger partial charge in [0.05, 0.1) is 18.4 Å². The quantitative estimate of drug-likeness (QED) is 0.798. The third-order valence-electron chi connectivity index (χ3n) is 2.34. The molecule has 0 aliphatic carbocycles. The summed E-state index contributed by atoms with van der Waals surface area (Å²) < 4.78 is 5.20. The number of rotatable bonds is 5. The monoisotopic (exact) mass is 211 g/mol. The van der Waals surface area contributed by atoms with Crippen molar-refractivity contribution in [3.8, 4) is 0 Å². The molecule has 0 saturated heterocycles. The SMILES string of the molecule is CCc1occc1C(=O)N(CC)CCO. The fourth-order valence-corrected chi connectivity index (χ4v) is 1.50. The molecule has 1 rings (SSSR count). The van der Waals surface area contributed by atoms with Crippen LogP contribution in [-0.2, 0) is 6.42 Å². The van der Waals surface area contributed by atoms with Gasteiger partial charge < -0.3 is 14.4 Å². The van der Waals surface area contributed by atoms with Crippen molar-refractivity contribution < 1.29 is 14.3 Å². The van der Waals surface area contributed by atoms with Gasteiger partial charge in [0, 0.05) is 19.5 Å². The van der Waals surface area contributed by atoms with E-state index in [1.165, 1.54) is 6.26 Å². The third kappa shape index (κ3) is 2.59. The smallest absolute Gasteiger partial charge is 0.257 e. The molecule has 0 fully saturated rings. The molecule has 0 aliphatic rings. The summed E-state index contributed by atoms with van der Waals surface area (Å²) >= 11 is 0. The summed E-state index contributed by atoms with van der Waals surface area (Å²) in [6, 6.07) is 1.68. The van der Waals surface area contributed by atoms with Crippen molar-refractivity contribution >= 4 is 5.91 Å². The first kappa shape index (κ1) is 11.8. The fraction of sp³-hybridized carbons (Fsp3) is 0.545. The van der Waals surface area contributed by atoms with Gasteiger partial charge in [-0.15, -0.1) is 0 Å². The summed E-state index contributed by atoms with van der Waals surface area (Å²) in [5.41, 5.74) is 0.604. The first-order valence-electron chi connectivity index (χ1n) is 5.21. The van der Waals surface area contributed by atoms with Crippen molar-refractivity contribution in [3.05, 3.63) is 23.7 Å². The van der Waals surface area contributed by atoms with Gasteiger partial charge in [-0.1, -0.05) is 6.92 Å². The normalized spacial score (nSPS) is 10.3. The van der Waals surface area contributed by atoms with Crippen LogP contribution >= 0.6 is 0 Å². The summed E-state index contributed by atoms with van der Waals surface area (Å²) in [4.78, 5) is 13.6. The number of hydrogen-bond acceptors (Lipinski definition) is 3. The van der Waals surface area contributed by atoms with E-state index >= 15 is 0 Å². The van der Waals surface area contributed by atoms with E-state index in [1.54, 1.807) is 11.0 Å². The number of aliphatic hydroxyl groups is 1. The zero-order valence-corrected chi connectivity index (χ0v) is 9.19. The van der Waals surface area contributed by atoms with Crippen LogP contribution < -0.4 is 0 Å². The summed E-state index contributed by atoms with van der Waals surface area (Å²) in [5, 5.41) is 8.82. The van der Waals surface area contributed by atoms with E-state index in [-0.39, 0.29) is 12.5 Å². The second-order valence-corrected chi connectivity index (χ2v) is 3.22. The molecule has 0 aromatic carbocycles. The molecule has 1 aromatic rings. The Labute approximate surface area is 89.5 Å². The Hall–Kier alpha value is -1.29. The molecule has 1 heterocycles. The second-order valence-electron chi connectivity index (χ2n) is 3.22. The highest BCUT2D eigenvalue weighted by Gasteiger charge is 2.18. The molecule has 15 heavy (non-hydrogen) atoms. The Morgan fingerprint density at radius 1 is 1.53 bits per heavy atom. The Kier molecular flexibility index (Phi) is 4.37. The molecular weight excluding hydrogens is 194 g/mol. The maximum atomic E-state index is 12.0. The summed E-state index contributed by atoms with van der Waals surface area (Å²) in [6.07, 6.45) is 2.23. The minimum absolute atomic E-state index is 0.0150. The van der Waals surface area contributed by atoms with Crippen LogP contribution in [0.1, 0.15) is 30.0 Å². The maximum absolute atomic E-state index is 12.0. The average molecular weight is 211 g/mol. The fourth-order valence-electron chi connectivity index (χ4n) is 1.50. The highest BCUT2D eigenvalue weighted by atomic mass is 16.3. The summed E-state index contributed by atoms with van der Waals surface area (Å²) in [5.74, 6) is 0.633. The molecule has 1 aromatic heterocycles. The molecule has 0 radical (unpaired) electrons. The summed E-state index contributed by atoms with van der Waals surface area (Å²) in [7, 11) is 0. The Morgan fingerprint density at radius 2 is 2.27 bits per heavy atom. The van der Waals surface area contributed by atoms with Crippen LogP contribution in [0.4, 0.5) is 0 Å². The van der Waals surface area contributed by atoms with Crippen molar-refractivity contribution in [2.75, 3.05) is 19.7 Å². The van der Waals surface area contributed by atoms with Gasteiger partial charge in [-0.25, -0.2) is 0 Å². The average Bonchev–Trinajstić information content (AvgIpc) is 2.72. The van der Waals surface area contributed by atoms with E-state index in [0.717, 1.165) is 0 Å². The first-order valence-corrected chi connectivity index (χ1v) is 5.21. The molecule has 0 spiro atoms. The van der Waals surface area contributed by atoms with Gasteiger partial charge in [-0.05, 0) is 13.0 Å². The van der Waals surface area contributed by atoms with Crippen molar-refractivity contribution in [2.45, 2.75) is 20.3 Å². The van der Waals surface area contributed by atoms with E-state index in [9.17, 15) is 4.79 Å². The van der Waals surface area contributed by atoms with Crippen LogP contribution in [0.2, 0.25) is 0 Å². The maximum Gasteiger partial charge on any atom is 0.257 e. The number of amides is 1. The molecule has 4 nitrogen and oxygen atoms in total. The molecule has 0 bridgehead atoms. The number of likely N-dealkylation sites (N-methyl/N-ethyl adjacent to an activating group) is 1. The van der Waals surface area contributed by atoms with E-state index in [1.807, 2.05) is 13.8 Å². The van der Waals surface area contributed by atoms with Gasteiger partial charge in [0.2, 0.25) is 0 Å². The van der Waals surface area contributed by atoms with Crippen LogP contribution in [-0.4, -0.2) is 35.6 Å². The molecular formula is C11H17NO3. The minimum Gasteiger partial charge on any atom is -0.469 e. The molecule has 4 heteroatoms. The highest BCUT2D eigenvalue weighted by Crippen LogP contribution is 2.13. The Morgan fingerprint density at radius 3 is 2.80 bits per heavy atom. The second kappa shape index (κ2) is 5.56. The van der Waals surface area contributed by atoms with Gasteiger partial charge in [0.25, 0.3) is 5.91 Å². The van der Waals surface area contributed by atoms with Gasteiger partial charge >= 0.3 is 0 Å². The van der Waals surface area contributed by atoms with Gasteiger partial charge in [0.15, 0.2) is 0 Å². The van der Waals surface area contributed by atoms with Gasteiger partial charge in [0.1, 0.15) is 5.76 Å². The van der Waals surface area contributed by atoms with Crippen LogP contribution in [0.5, 0.6) is 0 Å². The minimum atomic E-state index is -0.0721. The highest BCUT2D eigenvalue weighted by molar-refractivity contribution is 5.95. The number of aliphatic hydroxyl groups excluding tert-OH is 1. The number of nitrogens with zero attached hydrogens (tertiary/aromatic N) is 1. The Bertz CT molecular complexity index is 319. The van der Waals surface area contributed by atoms with Crippen molar-refractivity contribution in [3.63, 3.8) is 0 Å². The third-order valence-corrected chi connectivity index (χ3v) is 2.34. The molecule has 84 valence electrons. The van der Waals surface area contributed by atoms with Crippen LogP contribution in [0.25, 0.3) is 0 Å². The van der Waals surface area contributed by atoms with E-state index < -0.39 is 0 Å². The molecule has 0 aliphatic heterocycles. The zero-order valence-electron chi connectivity index (χ0n) is 9.19. The van der Waals surface area contributed by atoms with Crippen molar-refractivity contribution in [1.29, 1.82) is 0 Å². The van der Waals surface area contributed by atoms with Crippen LogP contribution in [0, 0.1) is 0 Å². The lowest BCUT2D eigenvalue weighted by Crippen LogP contribution is -2.33. The lowest BCUT2D eigenvalue weighted by Gasteiger charge is -2.19.